The fourth-order valence-electron chi connectivity index (χ4n) is 2.12. The van der Waals surface area contributed by atoms with Crippen LogP contribution in [0, 0.1) is 0 Å². The smallest absolute Gasteiger partial charge is 0.103 e. The molecule has 0 aliphatic rings. The number of benzene rings is 1. The van der Waals surface area contributed by atoms with Gasteiger partial charge < -0.3 is 20.7 Å². The number of anilines is 1. The highest BCUT2D eigenvalue weighted by Gasteiger charge is 2.06. The van der Waals surface area contributed by atoms with Crippen LogP contribution in [-0.4, -0.2) is 29.4 Å². The fourth-order valence-corrected chi connectivity index (χ4v) is 2.12. The van der Waals surface area contributed by atoms with E-state index in [1.807, 2.05) is 24.3 Å². The molecule has 0 amide bonds. The lowest BCUT2D eigenvalue weighted by Gasteiger charge is -2.12. The molecule has 0 bridgehead atoms. The molecule has 4 heteroatoms. The molecule has 0 fully saturated rings. The normalized spacial score (nSPS) is 10.8. The van der Waals surface area contributed by atoms with E-state index >= 15 is 0 Å². The van der Waals surface area contributed by atoms with Crippen molar-refractivity contribution in [1.82, 2.24) is 9.88 Å². The number of aliphatic hydroxyl groups is 1. The van der Waals surface area contributed by atoms with Gasteiger partial charge in [0.05, 0.1) is 6.61 Å². The number of aliphatic hydroxyl groups excluding tert-OH is 1. The van der Waals surface area contributed by atoms with E-state index in [1.54, 1.807) is 0 Å². The molecule has 1 heterocycles. The highest BCUT2D eigenvalue weighted by atomic mass is 16.3. The number of hydrogen-bond donors (Lipinski definition) is 3. The molecule has 0 aliphatic carbocycles. The first-order valence-corrected chi connectivity index (χ1v) is 6.60. The number of nitrogen functional groups attached to an aromatic ring is 1. The molecule has 0 unspecified atom stereocenters. The van der Waals surface area contributed by atoms with Crippen LogP contribution in [-0.2, 0) is 13.0 Å². The van der Waals surface area contributed by atoms with Gasteiger partial charge in [0, 0.05) is 31.7 Å². The van der Waals surface area contributed by atoms with Crippen molar-refractivity contribution < 1.29 is 5.11 Å². The zero-order valence-corrected chi connectivity index (χ0v) is 11.0. The van der Waals surface area contributed by atoms with Gasteiger partial charge in [0.1, 0.15) is 5.82 Å². The quantitative estimate of drug-likeness (QED) is 0.656. The molecule has 2 aromatic rings. The molecule has 0 saturated heterocycles. The Morgan fingerprint density at radius 3 is 2.58 bits per heavy atom. The molecule has 1 aromatic carbocycles. The number of aromatic nitrogens is 1. The van der Waals surface area contributed by atoms with Crippen LogP contribution >= 0.6 is 0 Å². The third-order valence-electron chi connectivity index (χ3n) is 3.13. The van der Waals surface area contributed by atoms with Crippen LogP contribution < -0.4 is 11.1 Å². The summed E-state index contributed by atoms with van der Waals surface area (Å²) >= 11 is 0. The molecule has 4 N–H and O–H groups in total. The van der Waals surface area contributed by atoms with Crippen LogP contribution in [0.2, 0.25) is 0 Å². The van der Waals surface area contributed by atoms with E-state index in [4.69, 9.17) is 10.8 Å². The molecule has 1 aromatic heterocycles. The van der Waals surface area contributed by atoms with Crippen LogP contribution in [0.15, 0.2) is 42.5 Å². The van der Waals surface area contributed by atoms with Gasteiger partial charge in [-0.2, -0.15) is 0 Å². The standard InChI is InChI=1S/C15H21N3O/c16-15-7-6-14(8-9-17-10-11-19)18(15)12-13-4-2-1-3-5-13/h1-7,17,19H,8-12,16H2. The summed E-state index contributed by atoms with van der Waals surface area (Å²) in [5, 5.41) is 11.9. The number of nitrogens with zero attached hydrogens (tertiary/aromatic N) is 1. The second kappa shape index (κ2) is 6.97. The van der Waals surface area contributed by atoms with E-state index in [9.17, 15) is 0 Å². The molecular formula is C15H21N3O. The average molecular weight is 259 g/mol. The van der Waals surface area contributed by atoms with E-state index in [0.29, 0.717) is 6.54 Å². The van der Waals surface area contributed by atoms with Crippen molar-refractivity contribution in [2.24, 2.45) is 0 Å². The lowest BCUT2D eigenvalue weighted by atomic mass is 10.2. The summed E-state index contributed by atoms with van der Waals surface area (Å²) in [5.74, 6) is 0.793. The number of nitrogens with two attached hydrogens (primary N) is 1. The number of hydrogen-bond acceptors (Lipinski definition) is 3. The zero-order valence-electron chi connectivity index (χ0n) is 11.0. The van der Waals surface area contributed by atoms with E-state index < -0.39 is 0 Å². The van der Waals surface area contributed by atoms with Gasteiger partial charge in [0.25, 0.3) is 0 Å². The Bertz CT molecular complexity index is 493. The molecule has 0 aliphatic heterocycles. The minimum absolute atomic E-state index is 0.174. The Hall–Kier alpha value is -1.78. The van der Waals surface area contributed by atoms with Crippen LogP contribution in [0.4, 0.5) is 5.82 Å². The highest BCUT2D eigenvalue weighted by molar-refractivity contribution is 5.36. The van der Waals surface area contributed by atoms with Crippen molar-refractivity contribution in [2.45, 2.75) is 13.0 Å². The molecule has 0 saturated carbocycles. The molecular weight excluding hydrogens is 238 g/mol. The molecule has 0 atom stereocenters. The summed E-state index contributed by atoms with van der Waals surface area (Å²) in [6, 6.07) is 14.3. The Balaban J connectivity index is 2.01. The summed E-state index contributed by atoms with van der Waals surface area (Å²) in [4.78, 5) is 0. The topological polar surface area (TPSA) is 63.2 Å². The van der Waals surface area contributed by atoms with Crippen LogP contribution in [0.25, 0.3) is 0 Å². The lowest BCUT2D eigenvalue weighted by molar-refractivity contribution is 0.292. The first-order valence-electron chi connectivity index (χ1n) is 6.60. The van der Waals surface area contributed by atoms with Gasteiger partial charge in [-0.05, 0) is 17.7 Å². The second-order valence-electron chi connectivity index (χ2n) is 4.54. The Morgan fingerprint density at radius 1 is 1.05 bits per heavy atom. The maximum absolute atomic E-state index is 8.73. The van der Waals surface area contributed by atoms with Gasteiger partial charge in [-0.3, -0.25) is 0 Å². The number of rotatable bonds is 7. The summed E-state index contributed by atoms with van der Waals surface area (Å²) in [5.41, 5.74) is 8.48. The number of nitrogens with one attached hydrogen (secondary N) is 1. The maximum atomic E-state index is 8.73. The Kier molecular flexibility index (Phi) is 5.01. The van der Waals surface area contributed by atoms with Crippen LogP contribution in [0.1, 0.15) is 11.3 Å². The van der Waals surface area contributed by atoms with Gasteiger partial charge in [-0.25, -0.2) is 0 Å². The summed E-state index contributed by atoms with van der Waals surface area (Å²) in [7, 11) is 0. The lowest BCUT2D eigenvalue weighted by Crippen LogP contribution is -2.22. The Labute approximate surface area is 113 Å². The van der Waals surface area contributed by atoms with E-state index in [0.717, 1.165) is 25.3 Å². The van der Waals surface area contributed by atoms with Crippen molar-refractivity contribution in [1.29, 1.82) is 0 Å². The highest BCUT2D eigenvalue weighted by Crippen LogP contribution is 2.14. The molecule has 102 valence electrons. The molecule has 0 radical (unpaired) electrons. The average Bonchev–Trinajstić information content (AvgIpc) is 2.78. The van der Waals surface area contributed by atoms with Crippen molar-refractivity contribution in [3.63, 3.8) is 0 Å². The third-order valence-corrected chi connectivity index (χ3v) is 3.13. The Morgan fingerprint density at radius 2 is 1.84 bits per heavy atom. The van der Waals surface area contributed by atoms with Crippen molar-refractivity contribution in [2.75, 3.05) is 25.4 Å². The second-order valence-corrected chi connectivity index (χ2v) is 4.54. The SMILES string of the molecule is Nc1ccc(CCNCCO)n1Cc1ccccc1. The fraction of sp³-hybridized carbons (Fsp3) is 0.333. The molecule has 2 rings (SSSR count). The molecule has 0 spiro atoms. The predicted molar refractivity (Wildman–Crippen MR) is 78.0 cm³/mol. The van der Waals surface area contributed by atoms with E-state index in [1.165, 1.54) is 11.3 Å². The van der Waals surface area contributed by atoms with Crippen LogP contribution in [0.3, 0.4) is 0 Å². The van der Waals surface area contributed by atoms with Crippen molar-refractivity contribution in [3.8, 4) is 0 Å². The van der Waals surface area contributed by atoms with E-state index in [-0.39, 0.29) is 6.61 Å². The monoisotopic (exact) mass is 259 g/mol. The minimum Gasteiger partial charge on any atom is -0.395 e. The first-order chi connectivity index (χ1) is 9.31. The predicted octanol–water partition coefficient (Wildman–Crippen LogP) is 1.24. The van der Waals surface area contributed by atoms with Crippen molar-refractivity contribution in [3.05, 3.63) is 53.7 Å². The third kappa shape index (κ3) is 3.84. The van der Waals surface area contributed by atoms with Crippen molar-refractivity contribution >= 4 is 5.82 Å². The zero-order chi connectivity index (χ0) is 13.5. The largest absolute Gasteiger partial charge is 0.395 e. The van der Waals surface area contributed by atoms with E-state index in [2.05, 4.69) is 28.1 Å². The summed E-state index contributed by atoms with van der Waals surface area (Å²) < 4.78 is 2.13. The van der Waals surface area contributed by atoms with Gasteiger partial charge in [0.15, 0.2) is 0 Å². The molecule has 4 nitrogen and oxygen atoms in total. The summed E-state index contributed by atoms with van der Waals surface area (Å²) in [6.07, 6.45) is 0.907. The first kappa shape index (κ1) is 13.6. The van der Waals surface area contributed by atoms with Gasteiger partial charge in [0.2, 0.25) is 0 Å². The van der Waals surface area contributed by atoms with Gasteiger partial charge >= 0.3 is 0 Å². The van der Waals surface area contributed by atoms with Gasteiger partial charge in [-0.15, -0.1) is 0 Å². The summed E-state index contributed by atoms with van der Waals surface area (Å²) in [6.45, 7) is 2.45. The molecule has 19 heavy (non-hydrogen) atoms. The van der Waals surface area contributed by atoms with Gasteiger partial charge in [-0.1, -0.05) is 30.3 Å². The minimum atomic E-state index is 0.174. The maximum Gasteiger partial charge on any atom is 0.103 e. The van der Waals surface area contributed by atoms with Crippen LogP contribution in [0.5, 0.6) is 0 Å².